The zero-order valence-corrected chi connectivity index (χ0v) is 16.7. The molecular formula is C22H25N5O2. The molecule has 2 heterocycles. The van der Waals surface area contributed by atoms with E-state index in [1.165, 1.54) is 19.0 Å². The van der Waals surface area contributed by atoms with Crippen molar-refractivity contribution in [3.63, 3.8) is 0 Å². The number of benzene rings is 1. The van der Waals surface area contributed by atoms with Crippen molar-refractivity contribution in [1.82, 2.24) is 19.9 Å². The third-order valence-electron chi connectivity index (χ3n) is 5.72. The van der Waals surface area contributed by atoms with Crippen LogP contribution < -0.4 is 5.32 Å². The molecule has 1 saturated carbocycles. The average molecular weight is 391 g/mol. The quantitative estimate of drug-likeness (QED) is 0.685. The van der Waals surface area contributed by atoms with Crippen LogP contribution in [0.25, 0.3) is 22.0 Å². The van der Waals surface area contributed by atoms with Gasteiger partial charge in [-0.15, -0.1) is 0 Å². The second-order valence-electron chi connectivity index (χ2n) is 7.84. The molecule has 29 heavy (non-hydrogen) atoms. The van der Waals surface area contributed by atoms with Gasteiger partial charge in [0.15, 0.2) is 0 Å². The monoisotopic (exact) mass is 391 g/mol. The third kappa shape index (κ3) is 4.19. The highest BCUT2D eigenvalue weighted by Gasteiger charge is 2.23. The van der Waals surface area contributed by atoms with Crippen molar-refractivity contribution in [3.8, 4) is 11.1 Å². The van der Waals surface area contributed by atoms with Crippen LogP contribution >= 0.6 is 0 Å². The van der Waals surface area contributed by atoms with Crippen LogP contribution in [0.3, 0.4) is 0 Å². The van der Waals surface area contributed by atoms with E-state index in [1.807, 2.05) is 18.2 Å². The number of aromatic carboxylic acids is 1. The van der Waals surface area contributed by atoms with E-state index < -0.39 is 5.97 Å². The molecule has 2 N–H and O–H groups in total. The van der Waals surface area contributed by atoms with Crippen LogP contribution in [0.15, 0.2) is 43.0 Å². The molecule has 1 aliphatic rings. The Labute approximate surface area is 169 Å². The topological polar surface area (TPSA) is 91.2 Å². The molecule has 0 aliphatic heterocycles. The van der Waals surface area contributed by atoms with Crippen LogP contribution in [0.2, 0.25) is 0 Å². The van der Waals surface area contributed by atoms with Crippen molar-refractivity contribution < 1.29 is 9.90 Å². The molecule has 7 heteroatoms. The fraction of sp³-hybridized carbons (Fsp3) is 0.364. The van der Waals surface area contributed by atoms with Gasteiger partial charge in [-0.1, -0.05) is 6.07 Å². The van der Waals surface area contributed by atoms with Gasteiger partial charge in [0, 0.05) is 35.4 Å². The fourth-order valence-corrected chi connectivity index (χ4v) is 4.00. The zero-order chi connectivity index (χ0) is 20.4. The van der Waals surface area contributed by atoms with Gasteiger partial charge in [0.1, 0.15) is 12.1 Å². The van der Waals surface area contributed by atoms with E-state index in [-0.39, 0.29) is 5.56 Å². The SMILES string of the molecule is CN(C)[C@H]1CC[C@H](Nc2ncnc3ccc(-c4cncc(C(=O)O)c4)cc23)CC1. The molecule has 7 nitrogen and oxygen atoms in total. The lowest BCUT2D eigenvalue weighted by Crippen LogP contribution is -2.36. The maximum atomic E-state index is 11.3. The van der Waals surface area contributed by atoms with Crippen LogP contribution in [0, 0.1) is 0 Å². The number of pyridine rings is 1. The minimum atomic E-state index is -0.987. The van der Waals surface area contributed by atoms with Crippen molar-refractivity contribution in [2.24, 2.45) is 0 Å². The Morgan fingerprint density at radius 3 is 2.59 bits per heavy atom. The highest BCUT2D eigenvalue weighted by molar-refractivity contribution is 5.93. The van der Waals surface area contributed by atoms with Gasteiger partial charge >= 0.3 is 5.97 Å². The Morgan fingerprint density at radius 1 is 1.07 bits per heavy atom. The van der Waals surface area contributed by atoms with Gasteiger partial charge in [-0.05, 0) is 63.5 Å². The van der Waals surface area contributed by atoms with Crippen molar-refractivity contribution in [1.29, 1.82) is 0 Å². The standard InChI is InChI=1S/C22H25N5O2/c1-27(2)18-6-4-17(5-7-18)26-21-19-10-14(3-8-20(19)24-13-25-21)15-9-16(22(28)29)12-23-11-15/h3,8-13,17-18H,4-7H2,1-2H3,(H,28,29)(H,24,25,26)/t17-,18-. The first-order valence-electron chi connectivity index (χ1n) is 9.87. The Bertz CT molecular complexity index is 1030. The van der Waals surface area contributed by atoms with Gasteiger partial charge in [-0.3, -0.25) is 4.98 Å². The highest BCUT2D eigenvalue weighted by Crippen LogP contribution is 2.29. The average Bonchev–Trinajstić information content (AvgIpc) is 2.74. The first kappa shape index (κ1) is 19.3. The molecule has 1 fully saturated rings. The minimum absolute atomic E-state index is 0.169. The van der Waals surface area contributed by atoms with Gasteiger partial charge in [0.25, 0.3) is 0 Å². The largest absolute Gasteiger partial charge is 0.478 e. The molecule has 4 rings (SSSR count). The number of carbonyl (C=O) groups is 1. The summed E-state index contributed by atoms with van der Waals surface area (Å²) in [5, 5.41) is 13.8. The van der Waals surface area contributed by atoms with E-state index in [4.69, 9.17) is 0 Å². The summed E-state index contributed by atoms with van der Waals surface area (Å²) in [6.07, 6.45) is 9.18. The van der Waals surface area contributed by atoms with Gasteiger partial charge in [0.05, 0.1) is 11.1 Å². The minimum Gasteiger partial charge on any atom is -0.478 e. The molecule has 0 unspecified atom stereocenters. The summed E-state index contributed by atoms with van der Waals surface area (Å²) in [6.45, 7) is 0. The summed E-state index contributed by atoms with van der Waals surface area (Å²) in [5.74, 6) is -0.161. The smallest absolute Gasteiger partial charge is 0.337 e. The first-order valence-corrected chi connectivity index (χ1v) is 9.87. The fourth-order valence-electron chi connectivity index (χ4n) is 4.00. The van der Waals surface area contributed by atoms with Gasteiger partial charge in [-0.25, -0.2) is 14.8 Å². The van der Waals surface area contributed by atoms with E-state index in [9.17, 15) is 9.90 Å². The first-order chi connectivity index (χ1) is 14.0. The molecule has 2 aromatic heterocycles. The number of rotatable bonds is 5. The molecule has 0 spiro atoms. The van der Waals surface area contributed by atoms with Crippen LogP contribution in [0.5, 0.6) is 0 Å². The van der Waals surface area contributed by atoms with Crippen LogP contribution in [-0.4, -0.2) is 57.1 Å². The number of carboxylic acids is 1. The number of hydrogen-bond donors (Lipinski definition) is 2. The summed E-state index contributed by atoms with van der Waals surface area (Å²) in [5.41, 5.74) is 2.67. The zero-order valence-electron chi connectivity index (χ0n) is 16.7. The summed E-state index contributed by atoms with van der Waals surface area (Å²) in [7, 11) is 4.29. The molecule has 3 aromatic rings. The van der Waals surface area contributed by atoms with Gasteiger partial charge in [-0.2, -0.15) is 0 Å². The lowest BCUT2D eigenvalue weighted by Gasteiger charge is -2.33. The second-order valence-corrected chi connectivity index (χ2v) is 7.84. The maximum Gasteiger partial charge on any atom is 0.337 e. The number of anilines is 1. The summed E-state index contributed by atoms with van der Waals surface area (Å²) < 4.78 is 0. The van der Waals surface area contributed by atoms with Crippen LogP contribution in [0.1, 0.15) is 36.0 Å². The third-order valence-corrected chi connectivity index (χ3v) is 5.72. The normalized spacial score (nSPS) is 19.4. The summed E-state index contributed by atoms with van der Waals surface area (Å²) >= 11 is 0. The van der Waals surface area contributed by atoms with Crippen LogP contribution in [0.4, 0.5) is 5.82 Å². The van der Waals surface area contributed by atoms with Crippen LogP contribution in [-0.2, 0) is 0 Å². The predicted octanol–water partition coefficient (Wildman–Crippen LogP) is 3.67. The van der Waals surface area contributed by atoms with Gasteiger partial charge < -0.3 is 15.3 Å². The molecule has 0 atom stereocenters. The summed E-state index contributed by atoms with van der Waals surface area (Å²) in [6, 6.07) is 8.56. The number of aromatic nitrogens is 3. The molecule has 1 aliphatic carbocycles. The van der Waals surface area contributed by atoms with E-state index in [1.54, 1.807) is 18.6 Å². The molecule has 0 saturated heterocycles. The number of nitrogens with one attached hydrogen (secondary N) is 1. The van der Waals surface area contributed by atoms with E-state index >= 15 is 0 Å². The van der Waals surface area contributed by atoms with Crippen molar-refractivity contribution in [2.75, 3.05) is 19.4 Å². The lowest BCUT2D eigenvalue weighted by molar-refractivity contribution is 0.0696. The molecule has 0 amide bonds. The predicted molar refractivity (Wildman–Crippen MR) is 113 cm³/mol. The molecule has 1 aromatic carbocycles. The Morgan fingerprint density at radius 2 is 1.86 bits per heavy atom. The summed E-state index contributed by atoms with van der Waals surface area (Å²) in [4.78, 5) is 26.5. The molecule has 0 radical (unpaired) electrons. The number of fused-ring (bicyclic) bond motifs is 1. The Balaban J connectivity index is 1.62. The highest BCUT2D eigenvalue weighted by atomic mass is 16.4. The lowest BCUT2D eigenvalue weighted by atomic mass is 9.90. The van der Waals surface area contributed by atoms with Crippen molar-refractivity contribution in [2.45, 2.75) is 37.8 Å². The second kappa shape index (κ2) is 8.13. The number of nitrogens with zero attached hydrogens (tertiary/aromatic N) is 4. The maximum absolute atomic E-state index is 11.3. The number of hydrogen-bond acceptors (Lipinski definition) is 6. The van der Waals surface area contributed by atoms with E-state index in [2.05, 4.69) is 39.3 Å². The van der Waals surface area contributed by atoms with E-state index in [0.29, 0.717) is 12.1 Å². The van der Waals surface area contributed by atoms with Gasteiger partial charge in [0.2, 0.25) is 0 Å². The number of carboxylic acid groups (broad SMARTS) is 1. The van der Waals surface area contributed by atoms with Crippen molar-refractivity contribution >= 4 is 22.7 Å². The Kier molecular flexibility index (Phi) is 5.40. The van der Waals surface area contributed by atoms with Crippen molar-refractivity contribution in [3.05, 3.63) is 48.5 Å². The Hall–Kier alpha value is -3.06. The van der Waals surface area contributed by atoms with E-state index in [0.717, 1.165) is 40.7 Å². The molecule has 0 bridgehead atoms. The molecular weight excluding hydrogens is 366 g/mol. The molecule has 150 valence electrons.